The van der Waals surface area contributed by atoms with Gasteiger partial charge >= 0.3 is 0 Å². The van der Waals surface area contributed by atoms with Gasteiger partial charge < -0.3 is 10.5 Å². The molecule has 1 aromatic heterocycles. The van der Waals surface area contributed by atoms with Crippen molar-refractivity contribution in [1.82, 2.24) is 15.2 Å². The van der Waals surface area contributed by atoms with E-state index in [-0.39, 0.29) is 6.04 Å². The summed E-state index contributed by atoms with van der Waals surface area (Å²) in [5.41, 5.74) is 9.35. The largest absolute Gasteiger partial charge is 0.497 e. The molecule has 2 aromatic carbocycles. The van der Waals surface area contributed by atoms with Gasteiger partial charge in [0, 0.05) is 5.56 Å². The highest BCUT2D eigenvalue weighted by molar-refractivity contribution is 5.55. The third-order valence-electron chi connectivity index (χ3n) is 3.55. The summed E-state index contributed by atoms with van der Waals surface area (Å²) in [6.45, 7) is 2.04. The lowest BCUT2D eigenvalue weighted by Crippen LogP contribution is -2.13. The number of H-pyrrole nitrogens is 1. The lowest BCUT2D eigenvalue weighted by atomic mass is 10.1. The van der Waals surface area contributed by atoms with Gasteiger partial charge in [-0.1, -0.05) is 35.9 Å². The molecular weight excluding hydrogens is 276 g/mol. The van der Waals surface area contributed by atoms with Crippen LogP contribution in [0.2, 0.25) is 0 Å². The number of aryl methyl sites for hydroxylation is 1. The molecule has 0 unspecified atom stereocenters. The Balaban J connectivity index is 1.86. The molecule has 0 aliphatic heterocycles. The number of aromatic nitrogens is 3. The minimum Gasteiger partial charge on any atom is -0.497 e. The Bertz CT molecular complexity index is 764. The van der Waals surface area contributed by atoms with Crippen LogP contribution in [0.1, 0.15) is 23.0 Å². The number of methoxy groups -OCH3 is 1. The molecule has 5 nitrogen and oxygen atoms in total. The van der Waals surface area contributed by atoms with Crippen LogP contribution >= 0.6 is 0 Å². The predicted molar refractivity (Wildman–Crippen MR) is 85.6 cm³/mol. The third kappa shape index (κ3) is 2.84. The molecule has 0 aliphatic carbocycles. The Morgan fingerprint density at radius 1 is 1.14 bits per heavy atom. The zero-order valence-electron chi connectivity index (χ0n) is 12.6. The van der Waals surface area contributed by atoms with Gasteiger partial charge in [0.1, 0.15) is 11.6 Å². The van der Waals surface area contributed by atoms with E-state index >= 15 is 0 Å². The summed E-state index contributed by atoms with van der Waals surface area (Å²) in [5, 5.41) is 7.20. The second-order valence-corrected chi connectivity index (χ2v) is 5.16. The molecule has 5 heteroatoms. The summed E-state index contributed by atoms with van der Waals surface area (Å²) in [5.74, 6) is 2.10. The Labute approximate surface area is 129 Å². The maximum Gasteiger partial charge on any atom is 0.181 e. The number of benzene rings is 2. The molecule has 22 heavy (non-hydrogen) atoms. The second kappa shape index (κ2) is 5.99. The van der Waals surface area contributed by atoms with E-state index in [2.05, 4.69) is 15.2 Å². The molecule has 0 saturated carbocycles. The van der Waals surface area contributed by atoms with Crippen molar-refractivity contribution in [2.75, 3.05) is 7.11 Å². The lowest BCUT2D eigenvalue weighted by molar-refractivity contribution is 0.414. The Morgan fingerprint density at radius 2 is 1.91 bits per heavy atom. The number of hydrogen-bond donors (Lipinski definition) is 2. The summed E-state index contributed by atoms with van der Waals surface area (Å²) in [7, 11) is 1.64. The molecule has 3 N–H and O–H groups in total. The minimum atomic E-state index is -0.350. The number of nitrogens with zero attached hydrogens (tertiary/aromatic N) is 2. The molecule has 112 valence electrons. The molecule has 0 aliphatic rings. The van der Waals surface area contributed by atoms with Gasteiger partial charge in [0.2, 0.25) is 0 Å². The maximum atomic E-state index is 6.25. The number of nitrogens with two attached hydrogens (primary N) is 1. The van der Waals surface area contributed by atoms with Crippen LogP contribution in [0.4, 0.5) is 0 Å². The average molecular weight is 294 g/mol. The average Bonchev–Trinajstić information content (AvgIpc) is 3.04. The van der Waals surface area contributed by atoms with Crippen molar-refractivity contribution in [2.45, 2.75) is 13.0 Å². The molecular formula is C17H18N4O. The number of rotatable bonds is 4. The van der Waals surface area contributed by atoms with E-state index in [4.69, 9.17) is 10.5 Å². The van der Waals surface area contributed by atoms with E-state index in [1.165, 1.54) is 5.56 Å². The van der Waals surface area contributed by atoms with E-state index in [9.17, 15) is 0 Å². The smallest absolute Gasteiger partial charge is 0.181 e. The van der Waals surface area contributed by atoms with E-state index in [0.29, 0.717) is 11.6 Å². The minimum absolute atomic E-state index is 0.350. The number of ether oxygens (including phenoxy) is 1. The Morgan fingerprint density at radius 3 is 2.59 bits per heavy atom. The van der Waals surface area contributed by atoms with Crippen LogP contribution < -0.4 is 10.5 Å². The molecule has 1 heterocycles. The summed E-state index contributed by atoms with van der Waals surface area (Å²) in [4.78, 5) is 4.52. The molecule has 3 aromatic rings. The van der Waals surface area contributed by atoms with Crippen LogP contribution in [0.25, 0.3) is 11.4 Å². The lowest BCUT2D eigenvalue weighted by Gasteiger charge is -2.09. The highest BCUT2D eigenvalue weighted by atomic mass is 16.5. The van der Waals surface area contributed by atoms with Gasteiger partial charge in [-0.05, 0) is 30.7 Å². The first kappa shape index (κ1) is 14.3. The first-order valence-electron chi connectivity index (χ1n) is 7.06. The predicted octanol–water partition coefficient (Wildman–Crippen LogP) is 2.84. The summed E-state index contributed by atoms with van der Waals surface area (Å²) in [6, 6.07) is 15.3. The molecule has 1 atom stereocenters. The first-order chi connectivity index (χ1) is 10.7. The van der Waals surface area contributed by atoms with Crippen molar-refractivity contribution < 1.29 is 4.74 Å². The highest BCUT2D eigenvalue weighted by Crippen LogP contribution is 2.22. The van der Waals surface area contributed by atoms with Gasteiger partial charge in [-0.3, -0.25) is 5.10 Å². The van der Waals surface area contributed by atoms with Crippen LogP contribution in [0.15, 0.2) is 48.5 Å². The number of aromatic amines is 1. The first-order valence-corrected chi connectivity index (χ1v) is 7.06. The zero-order valence-corrected chi connectivity index (χ0v) is 12.6. The molecule has 0 saturated heterocycles. The molecule has 0 fully saturated rings. The van der Waals surface area contributed by atoms with Gasteiger partial charge in [0.05, 0.1) is 13.2 Å². The van der Waals surface area contributed by atoms with E-state index in [1.54, 1.807) is 7.11 Å². The van der Waals surface area contributed by atoms with Crippen molar-refractivity contribution in [2.24, 2.45) is 5.73 Å². The third-order valence-corrected chi connectivity index (χ3v) is 3.55. The summed E-state index contributed by atoms with van der Waals surface area (Å²) in [6.07, 6.45) is 0. The topological polar surface area (TPSA) is 76.8 Å². The van der Waals surface area contributed by atoms with Gasteiger partial charge in [0.15, 0.2) is 5.82 Å². The van der Waals surface area contributed by atoms with E-state index < -0.39 is 0 Å². The maximum absolute atomic E-state index is 6.25. The van der Waals surface area contributed by atoms with Crippen molar-refractivity contribution in [3.05, 3.63) is 65.5 Å². The van der Waals surface area contributed by atoms with Crippen molar-refractivity contribution in [3.8, 4) is 17.1 Å². The van der Waals surface area contributed by atoms with E-state index in [0.717, 1.165) is 16.9 Å². The Hall–Kier alpha value is -2.66. The molecule has 0 amide bonds. The Kier molecular flexibility index (Phi) is 3.89. The van der Waals surface area contributed by atoms with E-state index in [1.807, 2.05) is 55.5 Å². The normalized spacial score (nSPS) is 12.1. The van der Waals surface area contributed by atoms with Crippen LogP contribution in [0.3, 0.4) is 0 Å². The summed E-state index contributed by atoms with van der Waals surface area (Å²) < 4.78 is 5.15. The molecule has 0 radical (unpaired) electrons. The quantitative estimate of drug-likeness (QED) is 0.775. The van der Waals surface area contributed by atoms with Gasteiger partial charge in [0.25, 0.3) is 0 Å². The number of nitrogens with one attached hydrogen (secondary N) is 1. The zero-order chi connectivity index (χ0) is 15.5. The monoisotopic (exact) mass is 294 g/mol. The van der Waals surface area contributed by atoms with Gasteiger partial charge in [-0.2, -0.15) is 5.10 Å². The molecule has 0 spiro atoms. The van der Waals surface area contributed by atoms with Crippen molar-refractivity contribution >= 4 is 0 Å². The fourth-order valence-electron chi connectivity index (χ4n) is 2.30. The molecule has 3 rings (SSSR count). The van der Waals surface area contributed by atoms with Gasteiger partial charge in [-0.25, -0.2) is 4.98 Å². The fraction of sp³-hybridized carbons (Fsp3) is 0.176. The fourth-order valence-corrected chi connectivity index (χ4v) is 2.30. The van der Waals surface area contributed by atoms with Crippen LogP contribution in [0, 0.1) is 6.92 Å². The highest BCUT2D eigenvalue weighted by Gasteiger charge is 2.15. The standard InChI is InChI=1S/C17H18N4O/c1-11-4-3-5-13(10-11)16-19-17(21-20-16)15(18)12-6-8-14(22-2)9-7-12/h3-10,15H,18H2,1-2H3,(H,19,20,21)/t15-/m0/s1. The van der Waals surface area contributed by atoms with Crippen molar-refractivity contribution in [3.63, 3.8) is 0 Å². The van der Waals surface area contributed by atoms with Crippen LogP contribution in [0.5, 0.6) is 5.75 Å². The number of hydrogen-bond acceptors (Lipinski definition) is 4. The summed E-state index contributed by atoms with van der Waals surface area (Å²) >= 11 is 0. The molecule has 0 bridgehead atoms. The van der Waals surface area contributed by atoms with Crippen LogP contribution in [-0.4, -0.2) is 22.3 Å². The second-order valence-electron chi connectivity index (χ2n) is 5.16. The van der Waals surface area contributed by atoms with Crippen LogP contribution in [-0.2, 0) is 0 Å². The van der Waals surface area contributed by atoms with Crippen molar-refractivity contribution in [1.29, 1.82) is 0 Å². The SMILES string of the molecule is COc1ccc([C@H](N)c2nc(-c3cccc(C)c3)n[nH]2)cc1. The van der Waals surface area contributed by atoms with Gasteiger partial charge in [-0.15, -0.1) is 0 Å².